The van der Waals surface area contributed by atoms with E-state index in [1.54, 1.807) is 6.33 Å². The Morgan fingerprint density at radius 1 is 1.31 bits per heavy atom. The Morgan fingerprint density at radius 3 is 2.31 bits per heavy atom. The van der Waals surface area contributed by atoms with Crippen LogP contribution in [-0.4, -0.2) is 23.6 Å². The first-order valence-electron chi connectivity index (χ1n) is 5.05. The zero-order chi connectivity index (χ0) is 10.5. The summed E-state index contributed by atoms with van der Waals surface area (Å²) in [6.07, 6.45) is 4.57. The average Bonchev–Trinajstić information content (AvgIpc) is 2.73. The van der Waals surface area contributed by atoms with Gasteiger partial charge in [0.25, 0.3) is 0 Å². The van der Waals surface area contributed by atoms with Crippen LogP contribution in [0.15, 0.2) is 12.5 Å². The average molecular weight is 185 g/mol. The van der Waals surface area contributed by atoms with E-state index in [9.17, 15) is 0 Å². The number of rotatable bonds is 3. The Hall–Kier alpha value is -0.830. The van der Waals surface area contributed by atoms with Gasteiger partial charge < -0.3 is 10.3 Å². The van der Waals surface area contributed by atoms with Crippen LogP contribution in [0.1, 0.15) is 33.4 Å². The molecule has 2 N–H and O–H groups in total. The molecule has 3 nitrogen and oxygen atoms in total. The fourth-order valence-electron chi connectivity index (χ4n) is 0.681. The Kier molecular flexibility index (Phi) is 15.5. The predicted octanol–water partition coefficient (Wildman–Crippen LogP) is 2.22. The molecule has 1 rings (SSSR count). The number of hydrogen-bond acceptors (Lipinski definition) is 2. The lowest BCUT2D eigenvalue weighted by Gasteiger charge is -1.93. The number of imidazole rings is 1. The minimum Gasteiger partial charge on any atom is -0.348 e. The third-order valence-electron chi connectivity index (χ3n) is 1.20. The molecule has 3 heteroatoms. The van der Waals surface area contributed by atoms with E-state index in [2.05, 4.69) is 15.3 Å². The normalized spacial score (nSPS) is 7.77. The van der Waals surface area contributed by atoms with Crippen molar-refractivity contribution in [3.8, 4) is 0 Å². The number of nitrogens with one attached hydrogen (secondary N) is 2. The van der Waals surface area contributed by atoms with Crippen LogP contribution >= 0.6 is 0 Å². The van der Waals surface area contributed by atoms with Gasteiger partial charge >= 0.3 is 0 Å². The van der Waals surface area contributed by atoms with Gasteiger partial charge in [-0.1, -0.05) is 27.7 Å². The Labute approximate surface area is 82.0 Å². The lowest BCUT2D eigenvalue weighted by atomic mass is 10.3. The Bertz CT molecular complexity index is 147. The molecule has 0 saturated carbocycles. The van der Waals surface area contributed by atoms with Crippen LogP contribution in [0.3, 0.4) is 0 Å². The zero-order valence-electron chi connectivity index (χ0n) is 9.52. The summed E-state index contributed by atoms with van der Waals surface area (Å²) in [5, 5.41) is 3.06. The number of H-pyrrole nitrogens is 1. The van der Waals surface area contributed by atoms with Crippen LogP contribution in [0.2, 0.25) is 0 Å². The molecule has 0 aliphatic rings. The van der Waals surface area contributed by atoms with E-state index >= 15 is 0 Å². The predicted molar refractivity (Wildman–Crippen MR) is 58.9 cm³/mol. The van der Waals surface area contributed by atoms with Gasteiger partial charge in [0, 0.05) is 24.9 Å². The molecule has 0 bridgehead atoms. The van der Waals surface area contributed by atoms with Gasteiger partial charge in [0.05, 0.1) is 6.33 Å². The smallest absolute Gasteiger partial charge is 0.0921 e. The maximum Gasteiger partial charge on any atom is 0.0921 e. The first-order chi connectivity index (χ1) is 6.43. The topological polar surface area (TPSA) is 40.7 Å². The number of likely N-dealkylation sites (N-methyl/N-ethyl adjacent to an activating group) is 1. The van der Waals surface area contributed by atoms with E-state index in [1.807, 2.05) is 40.9 Å². The lowest BCUT2D eigenvalue weighted by Crippen LogP contribution is -2.10. The number of hydrogen-bond donors (Lipinski definition) is 2. The Balaban J connectivity index is 0. The maximum absolute atomic E-state index is 3.89. The highest BCUT2D eigenvalue weighted by molar-refractivity contribution is 4.94. The largest absolute Gasteiger partial charge is 0.348 e. The molecule has 0 saturated heterocycles. The summed E-state index contributed by atoms with van der Waals surface area (Å²) in [6.45, 7) is 9.00. The molecule has 0 amide bonds. The molecule has 0 radical (unpaired) electrons. The maximum atomic E-state index is 3.89. The third kappa shape index (κ3) is 9.08. The van der Waals surface area contributed by atoms with Crippen LogP contribution < -0.4 is 5.32 Å². The van der Waals surface area contributed by atoms with Gasteiger partial charge in [-0.15, -0.1) is 0 Å². The van der Waals surface area contributed by atoms with Crippen molar-refractivity contribution < 1.29 is 0 Å². The molecule has 13 heavy (non-hydrogen) atoms. The summed E-state index contributed by atoms with van der Waals surface area (Å²) in [5.41, 5.74) is 1.18. The summed E-state index contributed by atoms with van der Waals surface area (Å²) >= 11 is 0. The molecular formula is C10H23N3. The number of nitrogens with zero attached hydrogens (tertiary/aromatic N) is 1. The Morgan fingerprint density at radius 2 is 1.92 bits per heavy atom. The van der Waals surface area contributed by atoms with Crippen molar-refractivity contribution in [3.05, 3.63) is 18.2 Å². The van der Waals surface area contributed by atoms with Crippen LogP contribution in [0.5, 0.6) is 0 Å². The van der Waals surface area contributed by atoms with Gasteiger partial charge in [-0.25, -0.2) is 4.98 Å². The molecule has 0 unspecified atom stereocenters. The molecule has 0 aliphatic carbocycles. The van der Waals surface area contributed by atoms with Gasteiger partial charge in [0.15, 0.2) is 0 Å². The number of aromatic nitrogens is 2. The fourth-order valence-corrected chi connectivity index (χ4v) is 0.681. The highest BCUT2D eigenvalue weighted by Gasteiger charge is 1.89. The van der Waals surface area contributed by atoms with Crippen molar-refractivity contribution >= 4 is 0 Å². The summed E-state index contributed by atoms with van der Waals surface area (Å²) < 4.78 is 0. The van der Waals surface area contributed by atoms with Gasteiger partial charge in [0.2, 0.25) is 0 Å². The third-order valence-corrected chi connectivity index (χ3v) is 1.20. The zero-order valence-corrected chi connectivity index (χ0v) is 9.52. The van der Waals surface area contributed by atoms with Gasteiger partial charge in [-0.2, -0.15) is 0 Å². The van der Waals surface area contributed by atoms with E-state index < -0.39 is 0 Å². The van der Waals surface area contributed by atoms with Crippen LogP contribution in [-0.2, 0) is 6.42 Å². The molecule has 1 aromatic rings. The minimum atomic E-state index is 1.00. The molecule has 0 aliphatic heterocycles. The van der Waals surface area contributed by atoms with E-state index in [-0.39, 0.29) is 0 Å². The van der Waals surface area contributed by atoms with Crippen LogP contribution in [0.4, 0.5) is 0 Å². The molecule has 0 atom stereocenters. The van der Waals surface area contributed by atoms with Crippen molar-refractivity contribution in [1.82, 2.24) is 15.3 Å². The van der Waals surface area contributed by atoms with Gasteiger partial charge in [-0.05, 0) is 7.05 Å². The minimum absolute atomic E-state index is 1.00. The molecule has 1 heterocycles. The number of aromatic amines is 1. The molecule has 0 spiro atoms. The second kappa shape index (κ2) is 13.7. The summed E-state index contributed by atoms with van der Waals surface area (Å²) in [5.74, 6) is 0. The van der Waals surface area contributed by atoms with Crippen LogP contribution in [0.25, 0.3) is 0 Å². The fraction of sp³-hybridized carbons (Fsp3) is 0.700. The van der Waals surface area contributed by atoms with Crippen molar-refractivity contribution in [2.75, 3.05) is 13.6 Å². The molecule has 1 aromatic heterocycles. The first kappa shape index (κ1) is 14.7. The van der Waals surface area contributed by atoms with Crippen molar-refractivity contribution in [3.63, 3.8) is 0 Å². The summed E-state index contributed by atoms with van der Waals surface area (Å²) in [4.78, 5) is 6.91. The van der Waals surface area contributed by atoms with Crippen molar-refractivity contribution in [2.45, 2.75) is 34.1 Å². The molecular weight excluding hydrogens is 162 g/mol. The molecule has 0 fully saturated rings. The van der Waals surface area contributed by atoms with Crippen molar-refractivity contribution in [2.24, 2.45) is 0 Å². The molecule has 78 valence electrons. The standard InChI is InChI=1S/C6H11N3.2C2H6/c1-7-3-2-6-4-8-5-9-6;2*1-2/h4-5,7H,2-3H2,1H3,(H,8,9);2*1-2H3. The summed E-state index contributed by atoms with van der Waals surface area (Å²) in [7, 11) is 1.94. The van der Waals surface area contributed by atoms with E-state index in [4.69, 9.17) is 0 Å². The second-order valence-electron chi connectivity index (χ2n) is 1.93. The van der Waals surface area contributed by atoms with E-state index in [1.165, 1.54) is 5.69 Å². The van der Waals surface area contributed by atoms with Crippen molar-refractivity contribution in [1.29, 1.82) is 0 Å². The van der Waals surface area contributed by atoms with Gasteiger partial charge in [-0.3, -0.25) is 0 Å². The quantitative estimate of drug-likeness (QED) is 0.758. The second-order valence-corrected chi connectivity index (χ2v) is 1.93. The summed E-state index contributed by atoms with van der Waals surface area (Å²) in [6, 6.07) is 0. The monoisotopic (exact) mass is 185 g/mol. The highest BCUT2D eigenvalue weighted by atomic mass is 14.9. The SMILES string of the molecule is CC.CC.CNCCc1cnc[nH]1. The van der Waals surface area contributed by atoms with E-state index in [0.717, 1.165) is 13.0 Å². The highest BCUT2D eigenvalue weighted by Crippen LogP contribution is 1.89. The van der Waals surface area contributed by atoms with Gasteiger partial charge in [0.1, 0.15) is 0 Å². The first-order valence-corrected chi connectivity index (χ1v) is 5.05. The van der Waals surface area contributed by atoms with Crippen LogP contribution in [0, 0.1) is 0 Å². The van der Waals surface area contributed by atoms with E-state index in [0.29, 0.717) is 0 Å². The lowest BCUT2D eigenvalue weighted by molar-refractivity contribution is 0.780. The molecule has 0 aromatic carbocycles.